The van der Waals surface area contributed by atoms with E-state index in [1.54, 1.807) is 36.4 Å². The molecule has 0 bridgehead atoms. The van der Waals surface area contributed by atoms with Crippen LogP contribution in [0.2, 0.25) is 0 Å². The van der Waals surface area contributed by atoms with Crippen LogP contribution in [0.5, 0.6) is 0 Å². The van der Waals surface area contributed by atoms with Crippen LogP contribution >= 0.6 is 0 Å². The van der Waals surface area contributed by atoms with Crippen molar-refractivity contribution in [2.45, 2.75) is 6.42 Å². The van der Waals surface area contributed by atoms with Crippen LogP contribution in [-0.4, -0.2) is 19.0 Å². The number of hydrogen-bond donors (Lipinski definition) is 3. The van der Waals surface area contributed by atoms with Gasteiger partial charge in [0, 0.05) is 18.4 Å². The second kappa shape index (κ2) is 7.21. The van der Waals surface area contributed by atoms with E-state index in [0.29, 0.717) is 16.9 Å². The molecular weight excluding hydrogens is 285 g/mol. The Morgan fingerprint density at radius 2 is 1.64 bits per heavy atom. The lowest BCUT2D eigenvalue weighted by atomic mass is 10.1. The van der Waals surface area contributed by atoms with Crippen LogP contribution in [-0.2, 0) is 11.2 Å². The van der Waals surface area contributed by atoms with Crippen molar-refractivity contribution >= 4 is 23.3 Å². The molecule has 0 fully saturated rings. The van der Waals surface area contributed by atoms with Gasteiger partial charge in [-0.1, -0.05) is 12.1 Å². The highest BCUT2D eigenvalue weighted by molar-refractivity contribution is 5.93. The van der Waals surface area contributed by atoms with Gasteiger partial charge in [-0.3, -0.25) is 4.79 Å². The van der Waals surface area contributed by atoms with E-state index < -0.39 is 0 Å². The summed E-state index contributed by atoms with van der Waals surface area (Å²) in [5, 5.41) is 7.77. The van der Waals surface area contributed by atoms with Gasteiger partial charge in [0.25, 0.3) is 0 Å². The molecule has 0 aromatic heterocycles. The second-order valence-corrected chi connectivity index (χ2v) is 4.64. The van der Waals surface area contributed by atoms with Gasteiger partial charge in [-0.05, 0) is 42.0 Å². The number of anilines is 2. The van der Waals surface area contributed by atoms with E-state index in [0.717, 1.165) is 0 Å². The van der Waals surface area contributed by atoms with E-state index in [4.69, 9.17) is 0 Å². The van der Waals surface area contributed by atoms with Gasteiger partial charge in [-0.25, -0.2) is 9.18 Å². The Labute approximate surface area is 127 Å². The molecule has 2 rings (SSSR count). The SMILES string of the molecule is CNC(=O)Nc1ccc(NC(=O)Cc2cccc(F)c2)cc1. The van der Waals surface area contributed by atoms with Crippen molar-refractivity contribution in [2.75, 3.05) is 17.7 Å². The van der Waals surface area contributed by atoms with Gasteiger partial charge in [0.15, 0.2) is 0 Å². The summed E-state index contributed by atoms with van der Waals surface area (Å²) in [6.07, 6.45) is 0.0933. The summed E-state index contributed by atoms with van der Waals surface area (Å²) in [6, 6.07) is 12.3. The molecule has 0 aliphatic rings. The molecule has 2 aromatic carbocycles. The number of rotatable bonds is 4. The fraction of sp³-hybridized carbons (Fsp3) is 0.125. The molecule has 0 saturated heterocycles. The molecule has 0 saturated carbocycles. The third kappa shape index (κ3) is 4.59. The van der Waals surface area contributed by atoms with Crippen LogP contribution in [0.25, 0.3) is 0 Å². The Morgan fingerprint density at radius 3 is 2.23 bits per heavy atom. The summed E-state index contributed by atoms with van der Waals surface area (Å²) in [5.41, 5.74) is 1.82. The first-order valence-corrected chi connectivity index (χ1v) is 6.70. The maximum atomic E-state index is 13.1. The molecule has 0 radical (unpaired) electrons. The smallest absolute Gasteiger partial charge is 0.318 e. The molecular formula is C16H16FN3O2. The lowest BCUT2D eigenvalue weighted by molar-refractivity contribution is -0.115. The molecule has 0 heterocycles. The molecule has 0 atom stereocenters. The van der Waals surface area contributed by atoms with Crippen molar-refractivity contribution in [3.8, 4) is 0 Å². The van der Waals surface area contributed by atoms with Crippen LogP contribution in [0.3, 0.4) is 0 Å². The Morgan fingerprint density at radius 1 is 1.00 bits per heavy atom. The number of benzene rings is 2. The quantitative estimate of drug-likeness (QED) is 0.812. The van der Waals surface area contributed by atoms with Gasteiger partial charge < -0.3 is 16.0 Å². The number of nitrogens with one attached hydrogen (secondary N) is 3. The van der Waals surface area contributed by atoms with E-state index in [9.17, 15) is 14.0 Å². The van der Waals surface area contributed by atoms with Crippen molar-refractivity contribution in [1.82, 2.24) is 5.32 Å². The average molecular weight is 301 g/mol. The van der Waals surface area contributed by atoms with Crippen LogP contribution in [0.1, 0.15) is 5.56 Å². The fourth-order valence-electron chi connectivity index (χ4n) is 1.87. The summed E-state index contributed by atoms with van der Waals surface area (Å²) in [5.74, 6) is -0.604. The minimum Gasteiger partial charge on any atom is -0.341 e. The monoisotopic (exact) mass is 301 g/mol. The van der Waals surface area contributed by atoms with Crippen LogP contribution < -0.4 is 16.0 Å². The minimum absolute atomic E-state index is 0.0933. The van der Waals surface area contributed by atoms with Gasteiger partial charge in [0.05, 0.1) is 6.42 Å². The van der Waals surface area contributed by atoms with Gasteiger partial charge >= 0.3 is 6.03 Å². The van der Waals surface area contributed by atoms with Crippen molar-refractivity contribution in [1.29, 1.82) is 0 Å². The molecule has 2 aromatic rings. The van der Waals surface area contributed by atoms with Crippen LogP contribution in [0, 0.1) is 5.82 Å². The molecule has 0 aliphatic heterocycles. The molecule has 6 heteroatoms. The van der Waals surface area contributed by atoms with Gasteiger partial charge in [0.2, 0.25) is 5.91 Å². The Hall–Kier alpha value is -2.89. The predicted octanol–water partition coefficient (Wildman–Crippen LogP) is 2.76. The summed E-state index contributed by atoms with van der Waals surface area (Å²) < 4.78 is 13.1. The average Bonchev–Trinajstić information content (AvgIpc) is 2.49. The van der Waals surface area contributed by atoms with Gasteiger partial charge in [0.1, 0.15) is 5.82 Å². The number of urea groups is 1. The number of carbonyl (C=O) groups is 2. The molecule has 0 unspecified atom stereocenters. The molecule has 0 aliphatic carbocycles. The zero-order valence-electron chi connectivity index (χ0n) is 12.0. The van der Waals surface area contributed by atoms with E-state index >= 15 is 0 Å². The minimum atomic E-state index is -0.366. The lowest BCUT2D eigenvalue weighted by Crippen LogP contribution is -2.24. The lowest BCUT2D eigenvalue weighted by Gasteiger charge is -2.08. The molecule has 0 spiro atoms. The third-order valence-corrected chi connectivity index (χ3v) is 2.91. The first-order valence-electron chi connectivity index (χ1n) is 6.70. The standard InChI is InChI=1S/C16H16FN3O2/c1-18-16(22)20-14-7-5-13(6-8-14)19-15(21)10-11-3-2-4-12(17)9-11/h2-9H,10H2,1H3,(H,19,21)(H2,18,20,22). The number of amides is 3. The molecule has 3 N–H and O–H groups in total. The second-order valence-electron chi connectivity index (χ2n) is 4.64. The Bertz CT molecular complexity index is 671. The Kier molecular flexibility index (Phi) is 5.08. The fourth-order valence-corrected chi connectivity index (χ4v) is 1.87. The zero-order valence-corrected chi connectivity index (χ0v) is 12.0. The zero-order chi connectivity index (χ0) is 15.9. The first-order chi connectivity index (χ1) is 10.6. The van der Waals surface area contributed by atoms with Crippen LogP contribution in [0.4, 0.5) is 20.6 Å². The molecule has 22 heavy (non-hydrogen) atoms. The number of carbonyl (C=O) groups excluding carboxylic acids is 2. The Balaban J connectivity index is 1.93. The van der Waals surface area contributed by atoms with Gasteiger partial charge in [-0.2, -0.15) is 0 Å². The van der Waals surface area contributed by atoms with E-state index in [2.05, 4.69) is 16.0 Å². The van der Waals surface area contributed by atoms with Crippen molar-refractivity contribution < 1.29 is 14.0 Å². The largest absolute Gasteiger partial charge is 0.341 e. The van der Waals surface area contributed by atoms with E-state index in [1.807, 2.05) is 0 Å². The number of hydrogen-bond acceptors (Lipinski definition) is 2. The van der Waals surface area contributed by atoms with Crippen molar-refractivity contribution in [2.24, 2.45) is 0 Å². The normalized spacial score (nSPS) is 9.91. The maximum Gasteiger partial charge on any atom is 0.318 e. The van der Waals surface area contributed by atoms with E-state index in [1.165, 1.54) is 19.2 Å². The molecule has 114 valence electrons. The van der Waals surface area contributed by atoms with Crippen molar-refractivity contribution in [3.05, 3.63) is 59.9 Å². The maximum absolute atomic E-state index is 13.1. The predicted molar refractivity (Wildman–Crippen MR) is 83.3 cm³/mol. The summed E-state index contributed by atoms with van der Waals surface area (Å²) >= 11 is 0. The molecule has 3 amide bonds. The summed E-state index contributed by atoms with van der Waals surface area (Å²) in [4.78, 5) is 23.0. The topological polar surface area (TPSA) is 70.2 Å². The highest BCUT2D eigenvalue weighted by Gasteiger charge is 2.05. The summed E-state index contributed by atoms with van der Waals surface area (Å²) in [6.45, 7) is 0. The molecule has 5 nitrogen and oxygen atoms in total. The third-order valence-electron chi connectivity index (χ3n) is 2.91. The summed E-state index contributed by atoms with van der Waals surface area (Å²) in [7, 11) is 1.52. The first kappa shape index (κ1) is 15.5. The highest BCUT2D eigenvalue weighted by atomic mass is 19.1. The van der Waals surface area contributed by atoms with E-state index in [-0.39, 0.29) is 24.2 Å². The van der Waals surface area contributed by atoms with Gasteiger partial charge in [-0.15, -0.1) is 0 Å². The highest BCUT2D eigenvalue weighted by Crippen LogP contribution is 2.14. The van der Waals surface area contributed by atoms with Crippen LogP contribution in [0.15, 0.2) is 48.5 Å². The van der Waals surface area contributed by atoms with Crippen molar-refractivity contribution in [3.63, 3.8) is 0 Å². The number of halogens is 1.